The van der Waals surface area contributed by atoms with Crippen LogP contribution in [-0.4, -0.2) is 21.6 Å². The zero-order valence-corrected chi connectivity index (χ0v) is 13.8. The number of hydrogen-bond acceptors (Lipinski definition) is 4. The molecule has 1 heterocycles. The lowest BCUT2D eigenvalue weighted by atomic mass is 10.2. The molecule has 2 aromatic rings. The number of rotatable bonds is 6. The number of aromatic nitrogens is 2. The maximum Gasteiger partial charge on any atom is 0.254 e. The van der Waals surface area contributed by atoms with E-state index in [1.165, 1.54) is 23.9 Å². The van der Waals surface area contributed by atoms with Gasteiger partial charge in [0.25, 0.3) is 5.56 Å². The SMILES string of the molecule is CCc1c(C)nc(SCC(=O)NCc2ccc(F)cc2)[nH]c1=O. The Morgan fingerprint density at radius 1 is 1.35 bits per heavy atom. The Kier molecular flexibility index (Phi) is 5.92. The van der Waals surface area contributed by atoms with E-state index < -0.39 is 0 Å². The van der Waals surface area contributed by atoms with Gasteiger partial charge in [-0.15, -0.1) is 0 Å². The van der Waals surface area contributed by atoms with E-state index in [0.717, 1.165) is 5.56 Å². The van der Waals surface area contributed by atoms with Crippen LogP contribution in [0.3, 0.4) is 0 Å². The molecule has 0 spiro atoms. The van der Waals surface area contributed by atoms with Crippen LogP contribution < -0.4 is 10.9 Å². The Labute approximate surface area is 137 Å². The van der Waals surface area contributed by atoms with Gasteiger partial charge in [0.2, 0.25) is 5.91 Å². The summed E-state index contributed by atoms with van der Waals surface area (Å²) in [4.78, 5) is 30.6. The van der Waals surface area contributed by atoms with Gasteiger partial charge >= 0.3 is 0 Å². The van der Waals surface area contributed by atoms with Gasteiger partial charge in [-0.25, -0.2) is 9.37 Å². The number of carbonyl (C=O) groups excluding carboxylic acids is 1. The van der Waals surface area contributed by atoms with Gasteiger partial charge in [-0.1, -0.05) is 30.8 Å². The summed E-state index contributed by atoms with van der Waals surface area (Å²) in [5.74, 6) is -0.342. The second kappa shape index (κ2) is 7.92. The molecule has 0 aliphatic rings. The summed E-state index contributed by atoms with van der Waals surface area (Å²) < 4.78 is 12.8. The zero-order valence-electron chi connectivity index (χ0n) is 13.0. The first-order chi connectivity index (χ1) is 11.0. The van der Waals surface area contributed by atoms with Crippen LogP contribution in [0.4, 0.5) is 4.39 Å². The molecule has 23 heavy (non-hydrogen) atoms. The Balaban J connectivity index is 1.87. The third kappa shape index (κ3) is 4.92. The summed E-state index contributed by atoms with van der Waals surface area (Å²) >= 11 is 1.17. The number of amides is 1. The Morgan fingerprint density at radius 2 is 2.04 bits per heavy atom. The minimum Gasteiger partial charge on any atom is -0.351 e. The van der Waals surface area contributed by atoms with Crippen molar-refractivity contribution in [2.24, 2.45) is 0 Å². The predicted octanol–water partition coefficient (Wildman–Crippen LogP) is 2.19. The van der Waals surface area contributed by atoms with Crippen molar-refractivity contribution in [1.82, 2.24) is 15.3 Å². The van der Waals surface area contributed by atoms with Crippen LogP contribution in [0.1, 0.15) is 23.7 Å². The average Bonchev–Trinajstić information content (AvgIpc) is 2.52. The maximum absolute atomic E-state index is 12.8. The predicted molar refractivity (Wildman–Crippen MR) is 87.9 cm³/mol. The number of H-pyrrole nitrogens is 1. The molecule has 2 rings (SSSR count). The van der Waals surface area contributed by atoms with Crippen LogP contribution >= 0.6 is 11.8 Å². The third-order valence-corrected chi connectivity index (χ3v) is 4.17. The molecule has 0 saturated heterocycles. The van der Waals surface area contributed by atoms with Gasteiger partial charge in [0.1, 0.15) is 5.82 Å². The first-order valence-electron chi connectivity index (χ1n) is 7.23. The van der Waals surface area contributed by atoms with E-state index in [0.29, 0.717) is 29.4 Å². The number of thioether (sulfide) groups is 1. The normalized spacial score (nSPS) is 10.6. The van der Waals surface area contributed by atoms with E-state index in [1.807, 2.05) is 6.92 Å². The molecule has 1 aromatic heterocycles. The molecule has 122 valence electrons. The Bertz CT molecular complexity index is 744. The van der Waals surface area contributed by atoms with Gasteiger partial charge in [0, 0.05) is 17.8 Å². The molecule has 0 radical (unpaired) electrons. The summed E-state index contributed by atoms with van der Waals surface area (Å²) in [6.45, 7) is 4.01. The van der Waals surface area contributed by atoms with Crippen LogP contribution in [0, 0.1) is 12.7 Å². The van der Waals surface area contributed by atoms with Crippen molar-refractivity contribution in [3.63, 3.8) is 0 Å². The number of aryl methyl sites for hydroxylation is 1. The monoisotopic (exact) mass is 335 g/mol. The summed E-state index contributed by atoms with van der Waals surface area (Å²) in [6.07, 6.45) is 0.622. The molecule has 0 fully saturated rings. The summed E-state index contributed by atoms with van der Waals surface area (Å²) in [5, 5.41) is 3.17. The molecule has 0 atom stereocenters. The van der Waals surface area contributed by atoms with Crippen LogP contribution in [0.15, 0.2) is 34.2 Å². The van der Waals surface area contributed by atoms with Crippen molar-refractivity contribution in [3.05, 3.63) is 57.3 Å². The molecular weight excluding hydrogens is 317 g/mol. The maximum atomic E-state index is 12.8. The Hall–Kier alpha value is -2.15. The highest BCUT2D eigenvalue weighted by molar-refractivity contribution is 7.99. The molecular formula is C16H18FN3O2S. The van der Waals surface area contributed by atoms with Gasteiger partial charge < -0.3 is 10.3 Å². The first-order valence-corrected chi connectivity index (χ1v) is 8.22. The van der Waals surface area contributed by atoms with Crippen LogP contribution in [0.5, 0.6) is 0 Å². The van der Waals surface area contributed by atoms with Crippen molar-refractivity contribution in [1.29, 1.82) is 0 Å². The molecule has 0 saturated carbocycles. The molecule has 5 nitrogen and oxygen atoms in total. The number of aromatic amines is 1. The fraction of sp³-hybridized carbons (Fsp3) is 0.312. The highest BCUT2D eigenvalue weighted by Crippen LogP contribution is 2.12. The van der Waals surface area contributed by atoms with Crippen molar-refractivity contribution >= 4 is 17.7 Å². The van der Waals surface area contributed by atoms with Crippen LogP contribution in [-0.2, 0) is 17.8 Å². The standard InChI is InChI=1S/C16H18FN3O2S/c1-3-13-10(2)19-16(20-15(13)22)23-9-14(21)18-8-11-4-6-12(17)7-5-11/h4-7H,3,8-9H2,1-2H3,(H,18,21)(H,19,20,22). The first kappa shape index (κ1) is 17.2. The van der Waals surface area contributed by atoms with Gasteiger partial charge in [-0.05, 0) is 31.0 Å². The molecule has 1 aromatic carbocycles. The lowest BCUT2D eigenvalue weighted by molar-refractivity contribution is -0.118. The lowest BCUT2D eigenvalue weighted by Crippen LogP contribution is -2.25. The summed E-state index contributed by atoms with van der Waals surface area (Å²) in [5.41, 5.74) is 2.01. The fourth-order valence-corrected chi connectivity index (χ4v) is 2.79. The second-order valence-corrected chi connectivity index (χ2v) is 5.94. The van der Waals surface area contributed by atoms with E-state index in [2.05, 4.69) is 15.3 Å². The van der Waals surface area contributed by atoms with E-state index in [1.54, 1.807) is 19.1 Å². The summed E-state index contributed by atoms with van der Waals surface area (Å²) in [6, 6.07) is 5.94. The van der Waals surface area contributed by atoms with Crippen LogP contribution in [0.25, 0.3) is 0 Å². The molecule has 1 amide bonds. The smallest absolute Gasteiger partial charge is 0.254 e. The topological polar surface area (TPSA) is 74.8 Å². The van der Waals surface area contributed by atoms with Gasteiger partial charge in [-0.3, -0.25) is 9.59 Å². The van der Waals surface area contributed by atoms with E-state index in [-0.39, 0.29) is 23.0 Å². The van der Waals surface area contributed by atoms with Gasteiger partial charge in [0.15, 0.2) is 5.16 Å². The second-order valence-electron chi connectivity index (χ2n) is 4.98. The fourth-order valence-electron chi connectivity index (χ4n) is 2.06. The minimum atomic E-state index is -0.309. The number of benzene rings is 1. The molecule has 0 aliphatic heterocycles. The van der Waals surface area contributed by atoms with Crippen molar-refractivity contribution in [2.75, 3.05) is 5.75 Å². The molecule has 0 aliphatic carbocycles. The summed E-state index contributed by atoms with van der Waals surface area (Å²) in [7, 11) is 0. The number of nitrogens with zero attached hydrogens (tertiary/aromatic N) is 1. The van der Waals surface area contributed by atoms with E-state index >= 15 is 0 Å². The van der Waals surface area contributed by atoms with Crippen molar-refractivity contribution in [2.45, 2.75) is 32.0 Å². The number of halogens is 1. The van der Waals surface area contributed by atoms with Crippen molar-refractivity contribution in [3.8, 4) is 0 Å². The highest BCUT2D eigenvalue weighted by atomic mass is 32.2. The Morgan fingerprint density at radius 3 is 2.65 bits per heavy atom. The quantitative estimate of drug-likeness (QED) is 0.627. The molecule has 0 unspecified atom stereocenters. The molecule has 2 N–H and O–H groups in total. The minimum absolute atomic E-state index is 0.148. The average molecular weight is 335 g/mol. The lowest BCUT2D eigenvalue weighted by Gasteiger charge is -2.07. The third-order valence-electron chi connectivity index (χ3n) is 3.30. The van der Waals surface area contributed by atoms with Crippen molar-refractivity contribution < 1.29 is 9.18 Å². The number of hydrogen-bond donors (Lipinski definition) is 2. The largest absolute Gasteiger partial charge is 0.351 e. The van der Waals surface area contributed by atoms with E-state index in [4.69, 9.17) is 0 Å². The molecule has 7 heteroatoms. The number of carbonyl (C=O) groups is 1. The highest BCUT2D eigenvalue weighted by Gasteiger charge is 2.09. The molecule has 0 bridgehead atoms. The van der Waals surface area contributed by atoms with Crippen LogP contribution in [0.2, 0.25) is 0 Å². The van der Waals surface area contributed by atoms with E-state index in [9.17, 15) is 14.0 Å². The van der Waals surface area contributed by atoms with Gasteiger partial charge in [-0.2, -0.15) is 0 Å². The van der Waals surface area contributed by atoms with Gasteiger partial charge in [0.05, 0.1) is 5.75 Å². The zero-order chi connectivity index (χ0) is 16.8. The number of nitrogens with one attached hydrogen (secondary N) is 2.